The van der Waals surface area contributed by atoms with E-state index in [0.29, 0.717) is 36.6 Å². The molecule has 3 aromatic carbocycles. The third kappa shape index (κ3) is 7.69. The van der Waals surface area contributed by atoms with Crippen LogP contribution in [0.2, 0.25) is 0 Å². The second-order valence-corrected chi connectivity index (χ2v) is 12.1. The zero-order valence-corrected chi connectivity index (χ0v) is 25.2. The number of hydrogen-bond acceptors (Lipinski definition) is 9. The molecule has 2 heterocycles. The van der Waals surface area contributed by atoms with Gasteiger partial charge in [-0.3, -0.25) is 4.79 Å². The lowest BCUT2D eigenvalue weighted by Gasteiger charge is -2.30. The topological polar surface area (TPSA) is 133 Å². The van der Waals surface area contributed by atoms with Crippen molar-refractivity contribution in [1.82, 2.24) is 9.62 Å². The van der Waals surface area contributed by atoms with E-state index in [0.717, 1.165) is 15.4 Å². The summed E-state index contributed by atoms with van der Waals surface area (Å²) in [5, 5.41) is 12.5. The van der Waals surface area contributed by atoms with Gasteiger partial charge in [0.15, 0.2) is 17.3 Å². The van der Waals surface area contributed by atoms with Gasteiger partial charge in [0.1, 0.15) is 5.75 Å². The first kappa shape index (κ1) is 31.3. The molecule has 2 aliphatic rings. The van der Waals surface area contributed by atoms with Crippen molar-refractivity contribution < 1.29 is 42.0 Å². The number of methoxy groups -OCH3 is 1. The van der Waals surface area contributed by atoms with Crippen LogP contribution in [-0.4, -0.2) is 76.8 Å². The number of nitrogens with one attached hydrogen (secondary N) is 1. The van der Waals surface area contributed by atoms with Crippen molar-refractivity contribution in [2.75, 3.05) is 46.8 Å². The van der Waals surface area contributed by atoms with Crippen molar-refractivity contribution in [2.45, 2.75) is 29.9 Å². The van der Waals surface area contributed by atoms with Gasteiger partial charge in [-0.2, -0.15) is 4.31 Å². The number of nitrogens with zero attached hydrogens (tertiary/aromatic N) is 1. The van der Waals surface area contributed by atoms with Crippen molar-refractivity contribution in [3.63, 3.8) is 0 Å². The molecule has 0 radical (unpaired) electrons. The molecule has 5 rings (SSSR count). The summed E-state index contributed by atoms with van der Waals surface area (Å²) in [5.74, 6) is 1.31. The summed E-state index contributed by atoms with van der Waals surface area (Å²) in [6.45, 7) is 0.0221. The molecule has 0 saturated carbocycles. The number of aliphatic hydroxyl groups is 1. The highest BCUT2D eigenvalue weighted by Gasteiger charge is 2.31. The number of fused-ring (bicyclic) bond motifs is 1. The molecule has 0 spiro atoms. The molecule has 2 aliphatic heterocycles. The minimum absolute atomic E-state index is 0.0309. The summed E-state index contributed by atoms with van der Waals surface area (Å²) in [5.41, 5.74) is 1.99. The molecule has 0 aliphatic carbocycles. The van der Waals surface area contributed by atoms with Crippen LogP contribution < -0.4 is 19.5 Å². The van der Waals surface area contributed by atoms with E-state index in [1.54, 1.807) is 18.2 Å². The van der Waals surface area contributed by atoms with Gasteiger partial charge in [-0.15, -0.1) is 0 Å². The first-order valence-corrected chi connectivity index (χ1v) is 15.8. The number of ether oxygens (including phenoxy) is 5. The Kier molecular flexibility index (Phi) is 10.4. The second kappa shape index (κ2) is 14.6. The molecule has 0 bridgehead atoms. The number of benzene rings is 3. The molecule has 2 N–H and O–H groups in total. The number of carbonyl (C=O) groups is 1. The Bertz CT molecular complexity index is 1550. The van der Waals surface area contributed by atoms with Crippen LogP contribution in [0.25, 0.3) is 0 Å². The van der Waals surface area contributed by atoms with Gasteiger partial charge in [0.2, 0.25) is 23.1 Å². The van der Waals surface area contributed by atoms with Gasteiger partial charge in [-0.1, -0.05) is 36.4 Å². The Labute approximate surface area is 257 Å². The van der Waals surface area contributed by atoms with Gasteiger partial charge in [-0.05, 0) is 60.0 Å². The lowest BCUT2D eigenvalue weighted by Crippen LogP contribution is -2.38. The zero-order valence-electron chi connectivity index (χ0n) is 24.4. The van der Waals surface area contributed by atoms with E-state index >= 15 is 0 Å². The summed E-state index contributed by atoms with van der Waals surface area (Å²) in [4.78, 5) is 13.2. The third-order valence-corrected chi connectivity index (χ3v) is 9.25. The molecule has 0 aromatic heterocycles. The van der Waals surface area contributed by atoms with Crippen LogP contribution in [0.15, 0.2) is 89.5 Å². The molecule has 0 fully saturated rings. The molecular weight excluding hydrogens is 588 g/mol. The number of carbonyl (C=O) groups excluding carboxylic acids is 1. The van der Waals surface area contributed by atoms with Gasteiger partial charge >= 0.3 is 0 Å². The van der Waals surface area contributed by atoms with E-state index in [1.807, 2.05) is 48.5 Å². The van der Waals surface area contributed by atoms with Crippen molar-refractivity contribution in [3.05, 3.63) is 95.8 Å². The fourth-order valence-corrected chi connectivity index (χ4v) is 6.41. The lowest BCUT2D eigenvalue weighted by atomic mass is 9.92. The quantitative estimate of drug-likeness (QED) is 0.278. The van der Waals surface area contributed by atoms with E-state index in [9.17, 15) is 18.3 Å². The Morgan fingerprint density at radius 1 is 1.02 bits per heavy atom. The highest BCUT2D eigenvalue weighted by molar-refractivity contribution is 7.89. The molecule has 0 saturated heterocycles. The van der Waals surface area contributed by atoms with Crippen LogP contribution in [0.5, 0.6) is 17.2 Å². The Morgan fingerprint density at radius 3 is 2.55 bits per heavy atom. The van der Waals surface area contributed by atoms with Crippen LogP contribution >= 0.6 is 0 Å². The molecule has 1 amide bonds. The minimum atomic E-state index is -3.91. The normalized spacial score (nSPS) is 17.6. The number of hydrogen-bond donors (Lipinski definition) is 2. The number of rotatable bonds is 14. The molecule has 12 heteroatoms. The van der Waals surface area contributed by atoms with Gasteiger partial charge < -0.3 is 34.1 Å². The molecule has 234 valence electrons. The van der Waals surface area contributed by atoms with E-state index < -0.39 is 16.3 Å². The minimum Gasteiger partial charge on any atom is -0.497 e. The van der Waals surface area contributed by atoms with Gasteiger partial charge in [0, 0.05) is 32.0 Å². The first-order chi connectivity index (χ1) is 21.4. The van der Waals surface area contributed by atoms with Crippen LogP contribution in [0, 0.1) is 0 Å². The fourth-order valence-electron chi connectivity index (χ4n) is 4.99. The maximum absolute atomic E-state index is 13.3. The molecule has 11 nitrogen and oxygen atoms in total. The fraction of sp³-hybridized carbons (Fsp3) is 0.344. The van der Waals surface area contributed by atoms with Crippen molar-refractivity contribution in [1.29, 1.82) is 0 Å². The zero-order chi connectivity index (χ0) is 30.9. The smallest absolute Gasteiger partial charge is 0.286 e. The second-order valence-electron chi connectivity index (χ2n) is 10.2. The lowest BCUT2D eigenvalue weighted by molar-refractivity contribution is -0.146. The van der Waals surface area contributed by atoms with Gasteiger partial charge in [0.25, 0.3) is 5.91 Å². The van der Waals surface area contributed by atoms with Gasteiger partial charge in [-0.25, -0.2) is 8.42 Å². The molecular formula is C32H36N2O9S. The van der Waals surface area contributed by atoms with E-state index in [-0.39, 0.29) is 55.6 Å². The highest BCUT2D eigenvalue weighted by Crippen LogP contribution is 2.38. The van der Waals surface area contributed by atoms with Crippen molar-refractivity contribution in [3.8, 4) is 17.2 Å². The highest BCUT2D eigenvalue weighted by atomic mass is 32.2. The predicted molar refractivity (Wildman–Crippen MR) is 161 cm³/mol. The number of sulfonamides is 1. The average molecular weight is 625 g/mol. The van der Waals surface area contributed by atoms with E-state index in [2.05, 4.69) is 5.32 Å². The monoisotopic (exact) mass is 624 g/mol. The molecule has 3 aromatic rings. The third-order valence-electron chi connectivity index (χ3n) is 7.34. The Morgan fingerprint density at radius 2 is 1.80 bits per heavy atom. The standard InChI is InChI=1S/C32H36N2O9S/c1-39-26-8-10-27(11-9-26)44(37,38)34(15-17-35)16-18-40-31-21-25(24-7-12-28-29(19-24)42-22-41-28)20-30(43-31)32(36)33-14-13-23-5-3-2-4-6-23/h2-12,19-20,25,31,35H,13-18,21-22H2,1H3,(H,33,36)/t25-,31+/m0/s1. The maximum atomic E-state index is 13.3. The van der Waals surface area contributed by atoms with Gasteiger partial charge in [0.05, 0.1) is 25.2 Å². The SMILES string of the molecule is COc1ccc(S(=O)(=O)N(CCO)CCO[C@H]2C[C@@H](c3ccc4c(c3)OCO4)C=C(C(=O)NCCc3ccccc3)O2)cc1. The summed E-state index contributed by atoms with van der Waals surface area (Å²) >= 11 is 0. The summed E-state index contributed by atoms with van der Waals surface area (Å²) < 4.78 is 55.8. The van der Waals surface area contributed by atoms with Crippen molar-refractivity contribution >= 4 is 15.9 Å². The molecule has 0 unspecified atom stereocenters. The number of aliphatic hydroxyl groups excluding tert-OH is 1. The first-order valence-electron chi connectivity index (χ1n) is 14.3. The summed E-state index contributed by atoms with van der Waals surface area (Å²) in [7, 11) is -2.41. The number of allylic oxidation sites excluding steroid dienone is 1. The van der Waals surface area contributed by atoms with Crippen LogP contribution in [0.4, 0.5) is 0 Å². The number of amides is 1. The van der Waals surface area contributed by atoms with Crippen LogP contribution in [-0.2, 0) is 30.7 Å². The summed E-state index contributed by atoms with van der Waals surface area (Å²) in [6.07, 6.45) is 1.98. The van der Waals surface area contributed by atoms with Crippen LogP contribution in [0.1, 0.15) is 23.5 Å². The van der Waals surface area contributed by atoms with Crippen LogP contribution in [0.3, 0.4) is 0 Å². The largest absolute Gasteiger partial charge is 0.497 e. The maximum Gasteiger partial charge on any atom is 0.286 e. The average Bonchev–Trinajstić information content (AvgIpc) is 3.53. The van der Waals surface area contributed by atoms with Crippen molar-refractivity contribution in [2.24, 2.45) is 0 Å². The Balaban J connectivity index is 1.26. The predicted octanol–water partition coefficient (Wildman–Crippen LogP) is 3.20. The molecule has 2 atom stereocenters. The Hall–Kier alpha value is -4.10. The molecule has 44 heavy (non-hydrogen) atoms. The van der Waals surface area contributed by atoms with E-state index in [4.69, 9.17) is 23.7 Å². The van der Waals surface area contributed by atoms with E-state index in [1.165, 1.54) is 19.2 Å². The summed E-state index contributed by atoms with van der Waals surface area (Å²) in [6, 6.07) is 21.5.